The summed E-state index contributed by atoms with van der Waals surface area (Å²) in [6.07, 6.45) is -4.43. The molecule has 0 saturated carbocycles. The Balaban J connectivity index is 1.78. The molecule has 1 aromatic heterocycles. The van der Waals surface area contributed by atoms with Gasteiger partial charge in [-0.2, -0.15) is 13.2 Å². The van der Waals surface area contributed by atoms with Gasteiger partial charge >= 0.3 is 18.0 Å². The Hall–Kier alpha value is -3.27. The first kappa shape index (κ1) is 36.6. The van der Waals surface area contributed by atoms with E-state index in [4.69, 9.17) is 32.7 Å². The Morgan fingerprint density at radius 3 is 2.40 bits per heavy atom. The van der Waals surface area contributed by atoms with Crippen molar-refractivity contribution in [2.45, 2.75) is 76.3 Å². The molecule has 4 rings (SSSR count). The lowest BCUT2D eigenvalue weighted by Crippen LogP contribution is -2.48. The van der Waals surface area contributed by atoms with Crippen molar-refractivity contribution < 1.29 is 35.9 Å². The number of nitrogens with one attached hydrogen (secondary N) is 2. The summed E-state index contributed by atoms with van der Waals surface area (Å²) in [7, 11) is -2.74. The molecule has 0 spiro atoms. The molecule has 0 bridgehead atoms. The highest BCUT2D eigenvalue weighted by Gasteiger charge is 2.37. The van der Waals surface area contributed by atoms with Gasteiger partial charge in [0.15, 0.2) is 9.84 Å². The second kappa shape index (κ2) is 13.7. The third kappa shape index (κ3) is 8.24. The van der Waals surface area contributed by atoms with Crippen LogP contribution in [-0.4, -0.2) is 66.6 Å². The number of nitrogens with zero attached hydrogens (tertiary/aromatic N) is 2. The van der Waals surface area contributed by atoms with Crippen molar-refractivity contribution in [3.63, 3.8) is 0 Å². The summed E-state index contributed by atoms with van der Waals surface area (Å²) in [6, 6.07) is 2.73. The van der Waals surface area contributed by atoms with Crippen molar-refractivity contribution in [3.05, 3.63) is 65.8 Å². The number of carbonyl (C=O) groups is 1. The number of carbonyl (C=O) groups excluding carboxylic acids is 1. The predicted molar refractivity (Wildman–Crippen MR) is 171 cm³/mol. The molecule has 258 valence electrons. The average molecular weight is 724 g/mol. The molecule has 1 atom stereocenters. The van der Waals surface area contributed by atoms with E-state index in [9.17, 15) is 36.0 Å². The number of aromatic nitrogens is 2. The number of hydrogen-bond donors (Lipinski definition) is 2. The maximum absolute atomic E-state index is 14.5. The molecule has 1 fully saturated rings. The number of aromatic amines is 1. The zero-order chi connectivity index (χ0) is 35.1. The fourth-order valence-electron chi connectivity index (χ4n) is 5.52. The number of rotatable bonds is 8. The Bertz CT molecular complexity index is 1920. The Morgan fingerprint density at radius 2 is 1.81 bits per heavy atom. The maximum atomic E-state index is 14.5. The largest absolute Gasteiger partial charge is 0.495 e. The zero-order valence-electron chi connectivity index (χ0n) is 26.3. The van der Waals surface area contributed by atoms with Gasteiger partial charge in [0.1, 0.15) is 16.2 Å². The number of sulfone groups is 1. The number of halogens is 5. The van der Waals surface area contributed by atoms with Crippen LogP contribution in [0.5, 0.6) is 5.75 Å². The molecule has 2 N–H and O–H groups in total. The van der Waals surface area contributed by atoms with Crippen molar-refractivity contribution in [3.8, 4) is 5.75 Å². The van der Waals surface area contributed by atoms with Crippen molar-refractivity contribution >= 4 is 50.0 Å². The first-order valence-corrected chi connectivity index (χ1v) is 17.0. The normalized spacial score (nSPS) is 16.3. The first-order chi connectivity index (χ1) is 21.8. The summed E-state index contributed by atoms with van der Waals surface area (Å²) in [4.78, 5) is 43.0. The highest BCUT2D eigenvalue weighted by atomic mass is 35.5. The third-order valence-electron chi connectivity index (χ3n) is 7.57. The van der Waals surface area contributed by atoms with Crippen LogP contribution in [0, 0.1) is 0 Å². The second-order valence-corrected chi connectivity index (χ2v) is 15.2. The zero-order valence-corrected chi connectivity index (χ0v) is 28.6. The van der Waals surface area contributed by atoms with Gasteiger partial charge in [0.25, 0.3) is 5.56 Å². The Kier molecular flexibility index (Phi) is 10.6. The lowest BCUT2D eigenvalue weighted by molar-refractivity contribution is -0.138. The van der Waals surface area contributed by atoms with Crippen LogP contribution in [0.1, 0.15) is 57.2 Å². The quantitative estimate of drug-likeness (QED) is 0.317. The number of methoxy groups -OCH3 is 1. The highest BCUT2D eigenvalue weighted by molar-refractivity contribution is 7.91. The van der Waals surface area contributed by atoms with E-state index in [1.54, 1.807) is 25.7 Å². The molecule has 0 unspecified atom stereocenters. The van der Waals surface area contributed by atoms with Crippen molar-refractivity contribution in [1.82, 2.24) is 19.8 Å². The number of H-pyrrole nitrogens is 1. The molecule has 2 heterocycles. The molecule has 0 radical (unpaired) electrons. The summed E-state index contributed by atoms with van der Waals surface area (Å²) in [5, 5.41) is 1.81. The summed E-state index contributed by atoms with van der Waals surface area (Å²) in [5.41, 5.74) is -4.78. The minimum Gasteiger partial charge on any atom is -0.495 e. The molecule has 1 saturated heterocycles. The number of piperidine rings is 1. The molecule has 11 nitrogen and oxygen atoms in total. The topological polar surface area (TPSA) is 140 Å². The van der Waals surface area contributed by atoms with Crippen molar-refractivity contribution in [2.24, 2.45) is 0 Å². The van der Waals surface area contributed by atoms with Gasteiger partial charge in [0, 0.05) is 30.2 Å². The van der Waals surface area contributed by atoms with E-state index in [1.807, 2.05) is 0 Å². The summed E-state index contributed by atoms with van der Waals surface area (Å²) in [6.45, 7) is 6.20. The van der Waals surface area contributed by atoms with Gasteiger partial charge in [-0.1, -0.05) is 30.1 Å². The van der Waals surface area contributed by atoms with Crippen LogP contribution in [0.25, 0.3) is 10.9 Å². The smallest absolute Gasteiger partial charge is 0.416 e. The molecule has 47 heavy (non-hydrogen) atoms. The number of likely N-dealkylation sites (tertiary alicyclic amines) is 1. The van der Waals surface area contributed by atoms with Crippen molar-refractivity contribution in [1.29, 1.82) is 0 Å². The van der Waals surface area contributed by atoms with E-state index in [-0.39, 0.29) is 51.2 Å². The number of ether oxygens (including phenoxy) is 2. The van der Waals surface area contributed by atoms with E-state index in [0.717, 1.165) is 0 Å². The van der Waals surface area contributed by atoms with Gasteiger partial charge in [-0.25, -0.2) is 18.0 Å². The van der Waals surface area contributed by atoms with Crippen LogP contribution in [0.2, 0.25) is 10.0 Å². The van der Waals surface area contributed by atoms with Crippen LogP contribution in [0.3, 0.4) is 0 Å². The molecule has 17 heteroatoms. The van der Waals surface area contributed by atoms with Gasteiger partial charge in [-0.3, -0.25) is 14.3 Å². The summed E-state index contributed by atoms with van der Waals surface area (Å²) in [5.74, 6) is -0.462. The lowest BCUT2D eigenvalue weighted by atomic mass is 10.0. The standard InChI is InChI=1S/C30H35Cl2F3N4O7S/c1-6-47(43,44)25-16(10-17(31)11-22(25)45-5)13-39-26(40)19-12-21(30(33,34)35)20(23(32)24(19)37-27(39)41)15-38-9-7-8-18(14-38)36-28(42)46-29(2,3)4/h10-12,18H,6-9,13-15H2,1-5H3,(H,36,42)(H,37,41)/t18-/m1/s1. The number of benzene rings is 2. The van der Waals surface area contributed by atoms with E-state index >= 15 is 0 Å². The van der Waals surface area contributed by atoms with E-state index < -0.39 is 67.5 Å². The predicted octanol–water partition coefficient (Wildman–Crippen LogP) is 5.36. The number of alkyl halides is 3. The SMILES string of the molecule is CCS(=O)(=O)c1c(Cn2c(=O)[nH]c3c(Cl)c(CN4CCC[C@@H](NC(=O)OC(C)(C)C)C4)c(C(F)(F)F)cc3c2=O)cc(Cl)cc1OC. The fraction of sp³-hybridized carbons (Fsp3) is 0.500. The number of amides is 1. The van der Waals surface area contributed by atoms with Gasteiger partial charge in [-0.15, -0.1) is 0 Å². The summed E-state index contributed by atoms with van der Waals surface area (Å²) < 4.78 is 80.5. The lowest BCUT2D eigenvalue weighted by Gasteiger charge is -2.34. The number of fused-ring (bicyclic) bond motifs is 1. The Morgan fingerprint density at radius 1 is 1.13 bits per heavy atom. The van der Waals surface area contributed by atoms with E-state index in [0.29, 0.717) is 30.0 Å². The minimum absolute atomic E-state index is 0.0467. The maximum Gasteiger partial charge on any atom is 0.416 e. The minimum atomic E-state index is -4.94. The molecule has 1 aliphatic heterocycles. The van der Waals surface area contributed by atoms with E-state index in [1.165, 1.54) is 26.2 Å². The van der Waals surface area contributed by atoms with Crippen LogP contribution in [-0.2, 0) is 33.8 Å². The molecule has 0 aliphatic carbocycles. The highest BCUT2D eigenvalue weighted by Crippen LogP contribution is 2.39. The van der Waals surface area contributed by atoms with Crippen LogP contribution >= 0.6 is 23.2 Å². The Labute approximate surface area is 278 Å². The summed E-state index contributed by atoms with van der Waals surface area (Å²) >= 11 is 12.7. The molecule has 1 amide bonds. The van der Waals surface area contributed by atoms with Crippen LogP contribution in [0.15, 0.2) is 32.7 Å². The molecule has 2 aromatic carbocycles. The third-order valence-corrected chi connectivity index (χ3v) is 10.1. The van der Waals surface area contributed by atoms with Gasteiger partial charge < -0.3 is 19.8 Å². The monoisotopic (exact) mass is 722 g/mol. The number of hydrogen-bond acceptors (Lipinski definition) is 8. The van der Waals surface area contributed by atoms with Crippen LogP contribution < -0.4 is 21.3 Å². The van der Waals surface area contributed by atoms with Crippen LogP contribution in [0.4, 0.5) is 18.0 Å². The molecular weight excluding hydrogens is 688 g/mol. The average Bonchev–Trinajstić information content (AvgIpc) is 2.95. The van der Waals surface area contributed by atoms with Crippen molar-refractivity contribution in [2.75, 3.05) is 26.0 Å². The second-order valence-electron chi connectivity index (χ2n) is 12.2. The number of alkyl carbamates (subject to hydrolysis) is 1. The van der Waals surface area contributed by atoms with Gasteiger partial charge in [0.2, 0.25) is 0 Å². The van der Waals surface area contributed by atoms with Gasteiger partial charge in [-0.05, 0) is 63.4 Å². The molecule has 3 aromatic rings. The van der Waals surface area contributed by atoms with E-state index in [2.05, 4.69) is 10.3 Å². The van der Waals surface area contributed by atoms with Gasteiger partial charge in [0.05, 0.1) is 40.9 Å². The molecule has 1 aliphatic rings. The first-order valence-electron chi connectivity index (χ1n) is 14.6. The molecular formula is C30H35Cl2F3N4O7S. The fourth-order valence-corrected chi connectivity index (χ4v) is 7.32.